The molecule has 0 spiro atoms. The molecule has 25 heavy (non-hydrogen) atoms. The van der Waals surface area contributed by atoms with Crippen molar-refractivity contribution in [3.05, 3.63) is 76.4 Å². The quantitative estimate of drug-likeness (QED) is 0.621. The molecule has 0 fully saturated rings. The van der Waals surface area contributed by atoms with Crippen molar-refractivity contribution in [1.82, 2.24) is 0 Å². The van der Waals surface area contributed by atoms with Crippen LogP contribution in [0.4, 0.5) is 0 Å². The first-order valence-electron chi connectivity index (χ1n) is 7.73. The van der Waals surface area contributed by atoms with E-state index in [0.717, 1.165) is 5.56 Å². The molecule has 0 saturated heterocycles. The summed E-state index contributed by atoms with van der Waals surface area (Å²) in [5.41, 5.74) is 2.94. The average molecular weight is 334 g/mol. The zero-order valence-corrected chi connectivity index (χ0v) is 13.7. The van der Waals surface area contributed by atoms with Crippen LogP contribution in [0.5, 0.6) is 5.75 Å². The van der Waals surface area contributed by atoms with Crippen molar-refractivity contribution in [1.29, 1.82) is 0 Å². The third kappa shape index (κ3) is 2.41. The number of cyclic esters (lactones) is 2. The Labute approximate surface area is 144 Å². The van der Waals surface area contributed by atoms with Crippen molar-refractivity contribution in [3.63, 3.8) is 0 Å². The highest BCUT2D eigenvalue weighted by Crippen LogP contribution is 2.39. The van der Waals surface area contributed by atoms with Crippen molar-refractivity contribution in [2.45, 2.75) is 6.92 Å². The van der Waals surface area contributed by atoms with Crippen LogP contribution in [0.25, 0.3) is 11.5 Å². The summed E-state index contributed by atoms with van der Waals surface area (Å²) in [6.45, 7) is 1.95. The second-order valence-corrected chi connectivity index (χ2v) is 5.78. The third-order valence-electron chi connectivity index (χ3n) is 4.15. The fourth-order valence-corrected chi connectivity index (χ4v) is 2.93. The van der Waals surface area contributed by atoms with Gasteiger partial charge in [0.1, 0.15) is 17.1 Å². The van der Waals surface area contributed by atoms with Gasteiger partial charge in [-0.3, -0.25) is 0 Å². The second-order valence-electron chi connectivity index (χ2n) is 5.78. The van der Waals surface area contributed by atoms with E-state index in [0.29, 0.717) is 28.2 Å². The molecule has 2 aliphatic rings. The number of esters is 2. The second kappa shape index (κ2) is 5.63. The lowest BCUT2D eigenvalue weighted by atomic mass is 10.0. The Morgan fingerprint density at radius 1 is 0.880 bits per heavy atom. The maximum atomic E-state index is 12.4. The van der Waals surface area contributed by atoms with Crippen LogP contribution in [0.1, 0.15) is 27.0 Å². The largest absolute Gasteiger partial charge is 0.496 e. The van der Waals surface area contributed by atoms with E-state index in [1.165, 1.54) is 0 Å². The highest BCUT2D eigenvalue weighted by molar-refractivity contribution is 6.12. The number of methoxy groups -OCH3 is 1. The first kappa shape index (κ1) is 15.2. The van der Waals surface area contributed by atoms with Crippen molar-refractivity contribution < 1.29 is 23.8 Å². The predicted molar refractivity (Wildman–Crippen MR) is 90.6 cm³/mol. The van der Waals surface area contributed by atoms with Gasteiger partial charge in [-0.2, -0.15) is 0 Å². The standard InChI is InChI=1S/C20H14O5/c1-11-7-8-14(16(9-11)23-2)17-10-15(20(22)24-17)18-12-5-3-4-6-13(12)19(21)25-18/h3-10H,1-2H3/b18-15-. The van der Waals surface area contributed by atoms with Crippen LogP contribution in [0.2, 0.25) is 0 Å². The number of rotatable bonds is 2. The van der Waals surface area contributed by atoms with E-state index < -0.39 is 11.9 Å². The lowest BCUT2D eigenvalue weighted by molar-refractivity contribution is -0.130. The number of carbonyl (C=O) groups is 2. The Hall–Kier alpha value is -3.34. The summed E-state index contributed by atoms with van der Waals surface area (Å²) in [7, 11) is 1.56. The van der Waals surface area contributed by atoms with E-state index >= 15 is 0 Å². The molecule has 4 rings (SSSR count). The first-order chi connectivity index (χ1) is 12.1. The van der Waals surface area contributed by atoms with E-state index in [9.17, 15) is 9.59 Å². The number of aryl methyl sites for hydroxylation is 1. The van der Waals surface area contributed by atoms with Crippen LogP contribution in [0, 0.1) is 6.92 Å². The molecule has 2 heterocycles. The van der Waals surface area contributed by atoms with Gasteiger partial charge in [0.05, 0.1) is 18.2 Å². The zero-order valence-electron chi connectivity index (χ0n) is 13.7. The number of ether oxygens (including phenoxy) is 3. The summed E-state index contributed by atoms with van der Waals surface area (Å²) >= 11 is 0. The van der Waals surface area contributed by atoms with Gasteiger partial charge in [-0.25, -0.2) is 9.59 Å². The number of hydrogen-bond donors (Lipinski definition) is 0. The fraction of sp³-hybridized carbons (Fsp3) is 0.100. The van der Waals surface area contributed by atoms with Crippen molar-refractivity contribution in [2.75, 3.05) is 7.11 Å². The highest BCUT2D eigenvalue weighted by Gasteiger charge is 2.34. The summed E-state index contributed by atoms with van der Waals surface area (Å²) in [6.07, 6.45) is 1.58. The van der Waals surface area contributed by atoms with Crippen LogP contribution in [-0.2, 0) is 14.3 Å². The molecule has 0 atom stereocenters. The lowest BCUT2D eigenvalue weighted by Gasteiger charge is -2.09. The maximum Gasteiger partial charge on any atom is 0.347 e. The minimum atomic E-state index is -0.558. The van der Waals surface area contributed by atoms with Gasteiger partial charge in [0.15, 0.2) is 5.76 Å². The van der Waals surface area contributed by atoms with E-state index in [2.05, 4.69) is 0 Å². The number of hydrogen-bond acceptors (Lipinski definition) is 5. The molecule has 0 radical (unpaired) electrons. The molecule has 5 nitrogen and oxygen atoms in total. The van der Waals surface area contributed by atoms with Gasteiger partial charge >= 0.3 is 11.9 Å². The minimum Gasteiger partial charge on any atom is -0.496 e. The highest BCUT2D eigenvalue weighted by atomic mass is 16.6. The SMILES string of the molecule is COc1cc(C)ccc1C1=C/C(=C2/OC(=O)c3ccccc32)C(=O)O1. The van der Waals surface area contributed by atoms with Crippen LogP contribution in [0.3, 0.4) is 0 Å². The summed E-state index contributed by atoms with van der Waals surface area (Å²) < 4.78 is 16.1. The van der Waals surface area contributed by atoms with Crippen LogP contribution in [-0.4, -0.2) is 19.0 Å². The third-order valence-corrected chi connectivity index (χ3v) is 4.15. The van der Waals surface area contributed by atoms with Gasteiger partial charge in [0.2, 0.25) is 0 Å². The molecule has 5 heteroatoms. The maximum absolute atomic E-state index is 12.4. The van der Waals surface area contributed by atoms with Gasteiger partial charge < -0.3 is 14.2 Å². The van der Waals surface area contributed by atoms with Crippen LogP contribution in [0.15, 0.2) is 54.1 Å². The molecule has 0 bridgehead atoms. The predicted octanol–water partition coefficient (Wildman–Crippen LogP) is 3.48. The Kier molecular flexibility index (Phi) is 3.42. The Morgan fingerprint density at radius 3 is 2.40 bits per heavy atom. The van der Waals surface area contributed by atoms with Crippen LogP contribution >= 0.6 is 0 Å². The molecule has 0 amide bonds. The Bertz CT molecular complexity index is 981. The zero-order chi connectivity index (χ0) is 17.6. The lowest BCUT2D eigenvalue weighted by Crippen LogP contribution is -2.01. The molecule has 0 N–H and O–H groups in total. The van der Waals surface area contributed by atoms with Crippen molar-refractivity contribution in [3.8, 4) is 5.75 Å². The normalized spacial score (nSPS) is 18.6. The number of carbonyl (C=O) groups excluding carboxylic acids is 2. The van der Waals surface area contributed by atoms with E-state index in [1.54, 1.807) is 37.5 Å². The minimum absolute atomic E-state index is 0.218. The van der Waals surface area contributed by atoms with Crippen molar-refractivity contribution >= 4 is 23.5 Å². The van der Waals surface area contributed by atoms with Gasteiger partial charge in [-0.15, -0.1) is 0 Å². The topological polar surface area (TPSA) is 61.8 Å². The molecule has 124 valence electrons. The van der Waals surface area contributed by atoms with E-state index in [4.69, 9.17) is 14.2 Å². The van der Waals surface area contributed by atoms with Gasteiger partial charge in [0, 0.05) is 11.6 Å². The van der Waals surface area contributed by atoms with E-state index in [1.807, 2.05) is 25.1 Å². The Morgan fingerprint density at radius 2 is 1.64 bits per heavy atom. The summed E-state index contributed by atoms with van der Waals surface area (Å²) in [5, 5.41) is 0. The Balaban J connectivity index is 1.84. The molecule has 0 aliphatic carbocycles. The number of benzene rings is 2. The van der Waals surface area contributed by atoms with Gasteiger partial charge in [-0.05, 0) is 30.7 Å². The fourth-order valence-electron chi connectivity index (χ4n) is 2.93. The smallest absolute Gasteiger partial charge is 0.347 e. The molecule has 2 aromatic rings. The number of fused-ring (bicyclic) bond motifs is 1. The van der Waals surface area contributed by atoms with Gasteiger partial charge in [-0.1, -0.05) is 24.3 Å². The average Bonchev–Trinajstić information content (AvgIpc) is 3.15. The van der Waals surface area contributed by atoms with Gasteiger partial charge in [0.25, 0.3) is 0 Å². The molecule has 2 aromatic carbocycles. The van der Waals surface area contributed by atoms with Crippen LogP contribution < -0.4 is 4.74 Å². The van der Waals surface area contributed by atoms with Crippen molar-refractivity contribution in [2.24, 2.45) is 0 Å². The monoisotopic (exact) mass is 334 g/mol. The summed E-state index contributed by atoms with van der Waals surface area (Å²) in [5.74, 6) is 0.170. The molecule has 0 saturated carbocycles. The molecular weight excluding hydrogens is 320 g/mol. The summed E-state index contributed by atoms with van der Waals surface area (Å²) in [6, 6.07) is 12.5. The molecular formula is C20H14O5. The molecule has 2 aliphatic heterocycles. The van der Waals surface area contributed by atoms with E-state index in [-0.39, 0.29) is 11.3 Å². The molecule has 0 unspecified atom stereocenters. The first-order valence-corrected chi connectivity index (χ1v) is 7.73. The molecule has 0 aromatic heterocycles. The summed E-state index contributed by atoms with van der Waals surface area (Å²) in [4.78, 5) is 24.3.